The zero-order valence-electron chi connectivity index (χ0n) is 14.5. The van der Waals surface area contributed by atoms with Crippen molar-refractivity contribution in [2.24, 2.45) is 0 Å². The van der Waals surface area contributed by atoms with E-state index in [9.17, 15) is 0 Å². The van der Waals surface area contributed by atoms with E-state index in [-0.39, 0.29) is 0 Å². The first-order valence-corrected chi connectivity index (χ1v) is 9.99. The third kappa shape index (κ3) is 3.97. The highest BCUT2D eigenvalue weighted by molar-refractivity contribution is 7.18. The Bertz CT molecular complexity index is 640. The molecule has 3 heterocycles. The molecule has 2 fully saturated rings. The van der Waals surface area contributed by atoms with Gasteiger partial charge in [0, 0.05) is 26.1 Å². The molecule has 2 aliphatic rings. The van der Waals surface area contributed by atoms with Gasteiger partial charge in [0.25, 0.3) is 0 Å². The van der Waals surface area contributed by atoms with Crippen molar-refractivity contribution >= 4 is 21.6 Å². The summed E-state index contributed by atoms with van der Waals surface area (Å²) < 4.78 is 7.63. The lowest BCUT2D eigenvalue weighted by atomic mass is 10.1. The molecule has 1 aromatic heterocycles. The zero-order valence-corrected chi connectivity index (χ0v) is 15.3. The summed E-state index contributed by atoms with van der Waals surface area (Å²) in [5, 5.41) is 1.22. The molecule has 2 aliphatic heterocycles. The molecule has 0 bridgehead atoms. The monoisotopic (exact) mass is 345 g/mol. The maximum Gasteiger partial charge on any atom is 0.0964 e. The Morgan fingerprint density at radius 2 is 2.00 bits per heavy atom. The maximum atomic E-state index is 6.34. The van der Waals surface area contributed by atoms with Crippen LogP contribution in [-0.4, -0.2) is 66.8 Å². The number of hydrogen-bond donors (Lipinski definition) is 0. The molecule has 0 N–H and O–H groups in total. The van der Waals surface area contributed by atoms with Gasteiger partial charge in [-0.2, -0.15) is 0 Å². The fraction of sp³-hybridized carbons (Fsp3) is 0.632. The highest BCUT2D eigenvalue weighted by atomic mass is 32.1. The molecular weight excluding hydrogens is 318 g/mol. The molecular formula is C19H27N3OS. The minimum absolute atomic E-state index is 0.352. The molecule has 5 heteroatoms. The van der Waals surface area contributed by atoms with Crippen LogP contribution in [0.4, 0.5) is 0 Å². The number of aromatic nitrogens is 1. The third-order valence-corrected chi connectivity index (χ3v) is 6.27. The van der Waals surface area contributed by atoms with Crippen LogP contribution in [-0.2, 0) is 11.2 Å². The predicted octanol–water partition coefficient (Wildman–Crippen LogP) is 3.02. The van der Waals surface area contributed by atoms with Gasteiger partial charge in [0.2, 0.25) is 0 Å². The molecule has 4 rings (SSSR count). The van der Waals surface area contributed by atoms with Crippen molar-refractivity contribution in [2.45, 2.75) is 37.9 Å². The van der Waals surface area contributed by atoms with Crippen LogP contribution in [0.2, 0.25) is 0 Å². The number of para-hydroxylation sites is 1. The van der Waals surface area contributed by atoms with Crippen LogP contribution < -0.4 is 0 Å². The van der Waals surface area contributed by atoms with Crippen molar-refractivity contribution in [1.29, 1.82) is 0 Å². The fourth-order valence-electron chi connectivity index (χ4n) is 3.84. The second-order valence-electron chi connectivity index (χ2n) is 7.19. The average Bonchev–Trinajstić information content (AvgIpc) is 3.12. The number of rotatable bonds is 4. The van der Waals surface area contributed by atoms with Crippen LogP contribution in [0, 0.1) is 0 Å². The molecule has 0 aliphatic carbocycles. The summed E-state index contributed by atoms with van der Waals surface area (Å²) in [4.78, 5) is 9.79. The van der Waals surface area contributed by atoms with Crippen LogP contribution in [0.3, 0.4) is 0 Å². The van der Waals surface area contributed by atoms with E-state index in [0.29, 0.717) is 12.2 Å². The van der Waals surface area contributed by atoms with Gasteiger partial charge >= 0.3 is 0 Å². The van der Waals surface area contributed by atoms with Crippen molar-refractivity contribution in [2.75, 3.05) is 39.8 Å². The van der Waals surface area contributed by atoms with E-state index in [0.717, 1.165) is 18.5 Å². The first-order valence-electron chi connectivity index (χ1n) is 9.17. The van der Waals surface area contributed by atoms with E-state index in [1.165, 1.54) is 55.1 Å². The third-order valence-electron chi connectivity index (χ3n) is 5.21. The van der Waals surface area contributed by atoms with Crippen molar-refractivity contribution < 1.29 is 4.74 Å². The molecule has 0 amide bonds. The maximum absolute atomic E-state index is 6.34. The molecule has 0 saturated carbocycles. The topological polar surface area (TPSA) is 28.6 Å². The first kappa shape index (κ1) is 16.5. The number of nitrogens with zero attached hydrogens (tertiary/aromatic N) is 3. The van der Waals surface area contributed by atoms with Crippen LogP contribution in [0.1, 0.15) is 24.3 Å². The number of ether oxygens (including phenoxy) is 1. The fourth-order valence-corrected chi connectivity index (χ4v) is 4.87. The lowest BCUT2D eigenvalue weighted by Gasteiger charge is -2.24. The van der Waals surface area contributed by atoms with Gasteiger partial charge in [0.1, 0.15) is 0 Å². The normalized spacial score (nSPS) is 26.9. The van der Waals surface area contributed by atoms with Crippen LogP contribution in [0.15, 0.2) is 24.3 Å². The zero-order chi connectivity index (χ0) is 16.4. The van der Waals surface area contributed by atoms with E-state index in [2.05, 4.69) is 41.1 Å². The number of fused-ring (bicyclic) bond motifs is 1. The van der Waals surface area contributed by atoms with Gasteiger partial charge in [0.05, 0.1) is 27.4 Å². The Morgan fingerprint density at radius 1 is 1.12 bits per heavy atom. The highest BCUT2D eigenvalue weighted by Crippen LogP contribution is 2.28. The van der Waals surface area contributed by atoms with E-state index >= 15 is 0 Å². The largest absolute Gasteiger partial charge is 0.373 e. The molecule has 0 radical (unpaired) electrons. The Morgan fingerprint density at radius 3 is 2.92 bits per heavy atom. The SMILES string of the molecule is CN1CCCN(C[C@H]2CC[C@@H](Cc3nc4ccccc4s3)O2)CC1. The summed E-state index contributed by atoms with van der Waals surface area (Å²) in [5.74, 6) is 0. The second kappa shape index (κ2) is 7.48. The van der Waals surface area contributed by atoms with Gasteiger partial charge in [-0.1, -0.05) is 12.1 Å². The molecule has 130 valence electrons. The lowest BCUT2D eigenvalue weighted by molar-refractivity contribution is 0.0241. The highest BCUT2D eigenvalue weighted by Gasteiger charge is 2.28. The van der Waals surface area contributed by atoms with Gasteiger partial charge in [-0.05, 0) is 51.5 Å². The Labute approximate surface area is 148 Å². The van der Waals surface area contributed by atoms with Crippen molar-refractivity contribution in [3.05, 3.63) is 29.3 Å². The first-order chi connectivity index (χ1) is 11.8. The van der Waals surface area contributed by atoms with E-state index in [1.807, 2.05) is 11.3 Å². The van der Waals surface area contributed by atoms with Gasteiger partial charge in [-0.3, -0.25) is 4.90 Å². The summed E-state index contributed by atoms with van der Waals surface area (Å²) in [5.41, 5.74) is 1.13. The van der Waals surface area contributed by atoms with Crippen molar-refractivity contribution in [1.82, 2.24) is 14.8 Å². The summed E-state index contributed by atoms with van der Waals surface area (Å²) >= 11 is 1.82. The van der Waals surface area contributed by atoms with E-state index < -0.39 is 0 Å². The molecule has 2 aromatic rings. The minimum atomic E-state index is 0.352. The Hall–Kier alpha value is -1.01. The summed E-state index contributed by atoms with van der Waals surface area (Å²) in [6, 6.07) is 8.41. The van der Waals surface area contributed by atoms with Crippen molar-refractivity contribution in [3.8, 4) is 0 Å². The van der Waals surface area contributed by atoms with Crippen LogP contribution in [0.25, 0.3) is 10.2 Å². The minimum Gasteiger partial charge on any atom is -0.373 e. The van der Waals surface area contributed by atoms with Gasteiger partial charge in [-0.25, -0.2) is 4.98 Å². The summed E-state index contributed by atoms with van der Waals surface area (Å²) in [7, 11) is 2.23. The number of benzene rings is 1. The molecule has 24 heavy (non-hydrogen) atoms. The smallest absolute Gasteiger partial charge is 0.0964 e. The van der Waals surface area contributed by atoms with Crippen LogP contribution in [0.5, 0.6) is 0 Å². The molecule has 1 aromatic carbocycles. The standard InChI is InChI=1S/C19H27N3OS/c1-21-9-4-10-22(12-11-21)14-16-8-7-15(23-16)13-19-20-17-5-2-3-6-18(17)24-19/h2-3,5-6,15-16H,4,7-14H2,1H3/t15-,16+/m0/s1. The molecule has 2 atom stereocenters. The van der Waals surface area contributed by atoms with E-state index in [4.69, 9.17) is 9.72 Å². The molecule has 0 spiro atoms. The summed E-state index contributed by atoms with van der Waals surface area (Å²) in [6.45, 7) is 5.90. The van der Waals surface area contributed by atoms with Gasteiger partial charge in [0.15, 0.2) is 0 Å². The molecule has 4 nitrogen and oxygen atoms in total. The summed E-state index contributed by atoms with van der Waals surface area (Å²) in [6.07, 6.45) is 5.38. The van der Waals surface area contributed by atoms with Crippen molar-refractivity contribution in [3.63, 3.8) is 0 Å². The van der Waals surface area contributed by atoms with Gasteiger partial charge < -0.3 is 9.64 Å². The predicted molar refractivity (Wildman–Crippen MR) is 99.8 cm³/mol. The number of thiazole rings is 1. The Balaban J connectivity index is 1.29. The molecule has 2 saturated heterocycles. The number of likely N-dealkylation sites (N-methyl/N-ethyl adjacent to an activating group) is 1. The van der Waals surface area contributed by atoms with Gasteiger partial charge in [-0.15, -0.1) is 11.3 Å². The average molecular weight is 346 g/mol. The second-order valence-corrected chi connectivity index (χ2v) is 8.31. The van der Waals surface area contributed by atoms with Crippen LogP contribution >= 0.6 is 11.3 Å². The quantitative estimate of drug-likeness (QED) is 0.852. The van der Waals surface area contributed by atoms with E-state index in [1.54, 1.807) is 0 Å². The molecule has 0 unspecified atom stereocenters. The lowest BCUT2D eigenvalue weighted by Crippen LogP contribution is -2.35. The Kier molecular flexibility index (Phi) is 5.13. The number of hydrogen-bond acceptors (Lipinski definition) is 5.